The number of anilines is 1. The van der Waals surface area contributed by atoms with Gasteiger partial charge in [0.15, 0.2) is 11.6 Å². The summed E-state index contributed by atoms with van der Waals surface area (Å²) in [5, 5.41) is 8.39. The smallest absolute Gasteiger partial charge is 0.250 e. The van der Waals surface area contributed by atoms with E-state index in [4.69, 9.17) is 23.2 Å². The fourth-order valence-electron chi connectivity index (χ4n) is 5.60. The Kier molecular flexibility index (Phi) is 9.44. The second kappa shape index (κ2) is 13.2. The average molecular weight is 626 g/mol. The van der Waals surface area contributed by atoms with Crippen LogP contribution in [0.25, 0.3) is 0 Å². The van der Waals surface area contributed by atoms with E-state index in [1.54, 1.807) is 24.3 Å². The lowest BCUT2D eigenvalue weighted by molar-refractivity contribution is -0.143. The van der Waals surface area contributed by atoms with Crippen LogP contribution in [-0.2, 0) is 27.3 Å². The van der Waals surface area contributed by atoms with Crippen molar-refractivity contribution in [3.8, 4) is 0 Å². The van der Waals surface area contributed by atoms with Crippen molar-refractivity contribution in [2.24, 2.45) is 0 Å². The molecule has 0 aliphatic carbocycles. The first-order valence-corrected chi connectivity index (χ1v) is 14.9. The molecule has 11 heteroatoms. The largest absolute Gasteiger partial charge is 0.340 e. The number of fused-ring (bicyclic) bond motifs is 1. The highest BCUT2D eigenvalue weighted by molar-refractivity contribution is 6.42. The number of benzene rings is 3. The quantitative estimate of drug-likeness (QED) is 0.243. The van der Waals surface area contributed by atoms with Crippen molar-refractivity contribution in [2.45, 2.75) is 50.2 Å². The van der Waals surface area contributed by atoms with Crippen LogP contribution in [-0.4, -0.2) is 53.1 Å². The van der Waals surface area contributed by atoms with Gasteiger partial charge in [0, 0.05) is 31.4 Å². The molecule has 0 saturated carbocycles. The molecule has 224 valence electrons. The standard InChI is InChI=1S/C32H31Cl2FN4O4/c33-23-10-11-24(29(35)28(23)34)37-31(43)32(14-16-36-17-15-32)38-30(42)25-18-21-8-4-5-9-22(21)19-39(25)27(41)13-12-26(40)20-6-2-1-3-7-20/h1-11,25,36H,12-19H2,(H,37,43)(H,38,42)/t25-/m0/s1. The van der Waals surface area contributed by atoms with Gasteiger partial charge in [-0.3, -0.25) is 19.2 Å². The van der Waals surface area contributed by atoms with Gasteiger partial charge in [-0.1, -0.05) is 77.8 Å². The molecule has 3 aromatic carbocycles. The molecule has 0 bridgehead atoms. The molecule has 8 nitrogen and oxygen atoms in total. The normalized spacial score (nSPS) is 17.5. The summed E-state index contributed by atoms with van der Waals surface area (Å²) in [5.41, 5.74) is 0.840. The van der Waals surface area contributed by atoms with Crippen molar-refractivity contribution in [3.63, 3.8) is 0 Å². The summed E-state index contributed by atoms with van der Waals surface area (Å²) in [7, 11) is 0. The monoisotopic (exact) mass is 624 g/mol. The molecule has 2 aliphatic rings. The summed E-state index contributed by atoms with van der Waals surface area (Å²) < 4.78 is 14.8. The minimum atomic E-state index is -1.37. The van der Waals surface area contributed by atoms with Crippen LogP contribution in [0, 0.1) is 5.82 Å². The second-order valence-corrected chi connectivity index (χ2v) is 11.6. The molecule has 1 fully saturated rings. The maximum Gasteiger partial charge on any atom is 0.250 e. The third-order valence-corrected chi connectivity index (χ3v) is 8.85. The summed E-state index contributed by atoms with van der Waals surface area (Å²) in [6.07, 6.45) is 0.679. The fourth-order valence-corrected chi connectivity index (χ4v) is 5.91. The molecule has 5 rings (SSSR count). The number of hydrogen-bond acceptors (Lipinski definition) is 5. The molecule has 0 radical (unpaired) electrons. The zero-order chi connectivity index (χ0) is 30.6. The first-order chi connectivity index (χ1) is 20.7. The van der Waals surface area contributed by atoms with E-state index in [-0.39, 0.29) is 66.1 Å². The SMILES string of the molecule is O=C(CCC(=O)N1Cc2ccccc2C[C@H]1C(=O)NC1(C(=O)Nc2ccc(Cl)c(Cl)c2F)CCNCC1)c1ccccc1. The highest BCUT2D eigenvalue weighted by Crippen LogP contribution is 2.32. The van der Waals surface area contributed by atoms with E-state index in [9.17, 15) is 23.6 Å². The molecule has 3 N–H and O–H groups in total. The van der Waals surface area contributed by atoms with Crippen molar-refractivity contribution in [1.82, 2.24) is 15.5 Å². The number of amides is 3. The lowest BCUT2D eigenvalue weighted by Gasteiger charge is -2.41. The van der Waals surface area contributed by atoms with E-state index in [0.29, 0.717) is 18.7 Å². The van der Waals surface area contributed by atoms with Crippen LogP contribution in [0.3, 0.4) is 0 Å². The van der Waals surface area contributed by atoms with Crippen molar-refractivity contribution >= 4 is 52.4 Å². The Balaban J connectivity index is 1.37. The Labute approximate surface area is 258 Å². The molecular weight excluding hydrogens is 594 g/mol. The van der Waals surface area contributed by atoms with Gasteiger partial charge in [0.2, 0.25) is 17.7 Å². The number of carbonyl (C=O) groups excluding carboxylic acids is 4. The van der Waals surface area contributed by atoms with Gasteiger partial charge in [-0.05, 0) is 49.2 Å². The average Bonchev–Trinajstić information content (AvgIpc) is 3.03. The lowest BCUT2D eigenvalue weighted by Crippen LogP contribution is -2.65. The Bertz CT molecular complexity index is 1550. The number of rotatable bonds is 8. The summed E-state index contributed by atoms with van der Waals surface area (Å²) >= 11 is 11.8. The molecular formula is C32H31Cl2FN4O4. The Hall–Kier alpha value is -3.79. The van der Waals surface area contributed by atoms with Gasteiger partial charge in [0.25, 0.3) is 0 Å². The van der Waals surface area contributed by atoms with E-state index < -0.39 is 29.2 Å². The van der Waals surface area contributed by atoms with Gasteiger partial charge in [-0.2, -0.15) is 0 Å². The summed E-state index contributed by atoms with van der Waals surface area (Å²) in [6, 6.07) is 18.1. The highest BCUT2D eigenvalue weighted by atomic mass is 35.5. The molecule has 3 amide bonds. The zero-order valence-electron chi connectivity index (χ0n) is 23.3. The summed E-state index contributed by atoms with van der Waals surface area (Å²) in [4.78, 5) is 55.4. The van der Waals surface area contributed by atoms with Crippen molar-refractivity contribution < 1.29 is 23.6 Å². The van der Waals surface area contributed by atoms with Gasteiger partial charge < -0.3 is 20.9 Å². The second-order valence-electron chi connectivity index (χ2n) is 10.8. The van der Waals surface area contributed by atoms with Crippen LogP contribution >= 0.6 is 23.2 Å². The predicted molar refractivity (Wildman–Crippen MR) is 163 cm³/mol. The molecule has 2 aliphatic heterocycles. The number of halogens is 3. The van der Waals surface area contributed by atoms with E-state index >= 15 is 0 Å². The number of carbonyl (C=O) groups is 4. The number of ketones is 1. The number of Topliss-reactive ketones (excluding diaryl/α,β-unsaturated/α-hetero) is 1. The van der Waals surface area contributed by atoms with Crippen molar-refractivity contribution in [1.29, 1.82) is 0 Å². The van der Waals surface area contributed by atoms with E-state index in [2.05, 4.69) is 16.0 Å². The van der Waals surface area contributed by atoms with Crippen LogP contribution < -0.4 is 16.0 Å². The van der Waals surface area contributed by atoms with Crippen LogP contribution in [0.1, 0.15) is 47.2 Å². The molecule has 0 unspecified atom stereocenters. The van der Waals surface area contributed by atoms with E-state index in [1.807, 2.05) is 30.3 Å². The zero-order valence-corrected chi connectivity index (χ0v) is 24.8. The Morgan fingerprint density at radius 1 is 0.907 bits per heavy atom. The fraction of sp³-hybridized carbons (Fsp3) is 0.312. The van der Waals surface area contributed by atoms with E-state index in [1.165, 1.54) is 17.0 Å². The number of hydrogen-bond donors (Lipinski definition) is 3. The van der Waals surface area contributed by atoms with Gasteiger partial charge in [-0.25, -0.2) is 4.39 Å². The number of piperidine rings is 1. The maximum atomic E-state index is 14.8. The molecule has 0 spiro atoms. The molecule has 0 aromatic heterocycles. The van der Waals surface area contributed by atoms with Crippen molar-refractivity contribution in [2.75, 3.05) is 18.4 Å². The summed E-state index contributed by atoms with van der Waals surface area (Å²) in [6.45, 7) is 1.08. The third kappa shape index (κ3) is 6.74. The Morgan fingerprint density at radius 2 is 1.58 bits per heavy atom. The van der Waals surface area contributed by atoms with Crippen molar-refractivity contribution in [3.05, 3.63) is 99.3 Å². The highest BCUT2D eigenvalue weighted by Gasteiger charge is 2.44. The Morgan fingerprint density at radius 3 is 2.30 bits per heavy atom. The van der Waals surface area contributed by atoms with Crippen LogP contribution in [0.2, 0.25) is 10.0 Å². The van der Waals surface area contributed by atoms with Crippen LogP contribution in [0.15, 0.2) is 66.7 Å². The maximum absolute atomic E-state index is 14.8. The van der Waals surface area contributed by atoms with E-state index in [0.717, 1.165) is 11.1 Å². The molecule has 1 saturated heterocycles. The first-order valence-electron chi connectivity index (χ1n) is 14.1. The molecule has 3 aromatic rings. The van der Waals surface area contributed by atoms with Crippen LogP contribution in [0.5, 0.6) is 0 Å². The minimum Gasteiger partial charge on any atom is -0.340 e. The topological polar surface area (TPSA) is 108 Å². The predicted octanol–water partition coefficient (Wildman–Crippen LogP) is 4.93. The van der Waals surface area contributed by atoms with Crippen LogP contribution in [0.4, 0.5) is 10.1 Å². The van der Waals surface area contributed by atoms with Gasteiger partial charge >= 0.3 is 0 Å². The minimum absolute atomic E-state index is 0.00254. The van der Waals surface area contributed by atoms with Gasteiger partial charge in [0.05, 0.1) is 15.7 Å². The first kappa shape index (κ1) is 30.7. The number of nitrogens with zero attached hydrogens (tertiary/aromatic N) is 1. The molecule has 2 heterocycles. The number of nitrogens with one attached hydrogen (secondary N) is 3. The van der Waals surface area contributed by atoms with Gasteiger partial charge in [-0.15, -0.1) is 0 Å². The summed E-state index contributed by atoms with van der Waals surface area (Å²) in [5.74, 6) is -2.46. The molecule has 43 heavy (non-hydrogen) atoms. The lowest BCUT2D eigenvalue weighted by atomic mass is 9.85. The van der Waals surface area contributed by atoms with Gasteiger partial charge in [0.1, 0.15) is 11.6 Å². The molecule has 1 atom stereocenters. The third-order valence-electron chi connectivity index (χ3n) is 8.07.